The number of thiophene rings is 1. The van der Waals surface area contributed by atoms with Crippen molar-refractivity contribution in [2.45, 2.75) is 45.0 Å². The van der Waals surface area contributed by atoms with Crippen molar-refractivity contribution in [3.05, 3.63) is 60.7 Å². The molecule has 2 aromatic rings. The lowest BCUT2D eigenvalue weighted by Gasteiger charge is -2.23. The largest absolute Gasteiger partial charge is 0.444 e. The van der Waals surface area contributed by atoms with E-state index >= 15 is 0 Å². The van der Waals surface area contributed by atoms with Crippen LogP contribution >= 0.6 is 38.9 Å². The van der Waals surface area contributed by atoms with Gasteiger partial charge in [-0.15, -0.1) is 11.3 Å². The van der Waals surface area contributed by atoms with Gasteiger partial charge in [0.25, 0.3) is 5.91 Å². The number of alkyl halides is 3. The summed E-state index contributed by atoms with van der Waals surface area (Å²) in [5.41, 5.74) is -0.491. The molecule has 2 rings (SSSR count). The molecule has 0 aliphatic carbocycles. The molecule has 1 heterocycles. The third kappa shape index (κ3) is 9.13. The summed E-state index contributed by atoms with van der Waals surface area (Å²) in [4.78, 5) is 25.5. The number of rotatable bonds is 9. The predicted molar refractivity (Wildman–Crippen MR) is 142 cm³/mol. The molecule has 0 radical (unpaired) electrons. The second-order valence-corrected chi connectivity index (χ2v) is 11.4. The van der Waals surface area contributed by atoms with Gasteiger partial charge < -0.3 is 26.1 Å². The number of carbonyl (C=O) groups excluding carboxylic acids is 2. The van der Waals surface area contributed by atoms with E-state index in [-0.39, 0.29) is 23.4 Å². The van der Waals surface area contributed by atoms with E-state index in [2.05, 4.69) is 26.6 Å². The van der Waals surface area contributed by atoms with E-state index in [9.17, 15) is 22.8 Å². The highest BCUT2D eigenvalue weighted by molar-refractivity contribution is 9.12. The van der Waals surface area contributed by atoms with Crippen molar-refractivity contribution in [1.29, 1.82) is 5.41 Å². The molecule has 1 aromatic heterocycles. The minimum absolute atomic E-state index is 0.0306. The average Bonchev–Trinajstić information content (AvgIpc) is 3.17. The number of ether oxygens (including phenoxy) is 1. The maximum Gasteiger partial charge on any atom is 0.416 e. The van der Waals surface area contributed by atoms with Crippen LogP contribution in [0.1, 0.15) is 47.1 Å². The van der Waals surface area contributed by atoms with Crippen LogP contribution in [0, 0.1) is 5.41 Å². The predicted octanol–water partition coefficient (Wildman–Crippen LogP) is 5.19. The number of alkyl carbamates (subject to hydrolysis) is 1. The van der Waals surface area contributed by atoms with Crippen molar-refractivity contribution in [3.63, 3.8) is 0 Å². The van der Waals surface area contributed by atoms with Crippen LogP contribution in [0.3, 0.4) is 0 Å². The summed E-state index contributed by atoms with van der Waals surface area (Å²) in [6.07, 6.45) is -4.44. The van der Waals surface area contributed by atoms with E-state index in [1.807, 2.05) is 0 Å². The highest BCUT2D eigenvalue weighted by Crippen LogP contribution is 2.34. The lowest BCUT2D eigenvalue weighted by atomic mass is 9.99. The summed E-state index contributed by atoms with van der Waals surface area (Å²) >= 11 is 10.6. The van der Waals surface area contributed by atoms with Crippen molar-refractivity contribution < 1.29 is 32.8 Å². The topological polar surface area (TPSA) is 108 Å². The van der Waals surface area contributed by atoms with Gasteiger partial charge in [-0.3, -0.25) is 4.79 Å². The van der Waals surface area contributed by atoms with Gasteiger partial charge in [0.15, 0.2) is 5.70 Å². The van der Waals surface area contributed by atoms with E-state index in [1.54, 1.807) is 39.2 Å². The molecular formula is C24H28BrClF3N4O3S+. The molecule has 0 fully saturated rings. The summed E-state index contributed by atoms with van der Waals surface area (Å²) in [5.74, 6) is -0.569. The highest BCUT2D eigenvalue weighted by Gasteiger charge is 2.34. The first-order valence-corrected chi connectivity index (χ1v) is 13.1. The van der Waals surface area contributed by atoms with Crippen molar-refractivity contribution >= 4 is 62.8 Å². The Bertz CT molecular complexity index is 1180. The lowest BCUT2D eigenvalue weighted by Crippen LogP contribution is -2.76. The normalized spacial score (nSPS) is 13.4. The second-order valence-electron chi connectivity index (χ2n) is 8.90. The third-order valence-electron chi connectivity index (χ3n) is 4.89. The van der Waals surface area contributed by atoms with Crippen LogP contribution in [0.5, 0.6) is 0 Å². The standard InChI is InChI=1S/C24H27BrClF3N4O3S/c1-23(2,3)36-22(35)32-12-14(9-13-7-5-6-8-16(13)24(27,28)29)33-21(34)18-10-15(20(26)37-18)19(31-4)17(25)11-30/h5-8,10-11,14,30-31H,9,12H2,1-4H3,(H,32,35)(H,33,34)/p+1. The van der Waals surface area contributed by atoms with E-state index in [0.29, 0.717) is 20.1 Å². The van der Waals surface area contributed by atoms with Crippen molar-refractivity contribution in [2.24, 2.45) is 0 Å². The number of allylic oxidation sites excluding steroid dienone is 1. The SMILES string of the molecule is C[NH2+]C(=C(Br)C=N)c1cc(C(=O)NC(CNC(=O)OC(C)(C)C)Cc2ccccc2C(F)(F)F)sc1Cl. The molecule has 1 unspecified atom stereocenters. The molecule has 1 atom stereocenters. The van der Waals surface area contributed by atoms with Gasteiger partial charge in [-0.25, -0.2) is 4.79 Å². The number of nitrogens with one attached hydrogen (secondary N) is 3. The van der Waals surface area contributed by atoms with Crippen LogP contribution in [0.2, 0.25) is 4.34 Å². The van der Waals surface area contributed by atoms with Crippen LogP contribution < -0.4 is 16.0 Å². The number of nitrogens with two attached hydrogens (primary N) is 1. The molecule has 0 aliphatic rings. The molecule has 0 saturated heterocycles. The minimum atomic E-state index is -4.58. The molecule has 0 aliphatic heterocycles. The number of hydrogen-bond donors (Lipinski definition) is 4. The van der Waals surface area contributed by atoms with Crippen molar-refractivity contribution in [1.82, 2.24) is 10.6 Å². The minimum Gasteiger partial charge on any atom is -0.444 e. The molecule has 5 N–H and O–H groups in total. The average molecular weight is 625 g/mol. The maximum absolute atomic E-state index is 13.6. The summed E-state index contributed by atoms with van der Waals surface area (Å²) in [5, 5.41) is 14.4. The Morgan fingerprint density at radius 1 is 1.27 bits per heavy atom. The first-order valence-electron chi connectivity index (χ1n) is 11.1. The molecule has 13 heteroatoms. The fourth-order valence-corrected chi connectivity index (χ4v) is 5.00. The zero-order chi connectivity index (χ0) is 28.0. The van der Waals surface area contributed by atoms with Gasteiger partial charge in [0.1, 0.15) is 9.94 Å². The van der Waals surface area contributed by atoms with E-state index in [0.717, 1.165) is 23.6 Å². The fraction of sp³-hybridized carbons (Fsp3) is 0.375. The van der Waals surface area contributed by atoms with Crippen LogP contribution in [-0.4, -0.2) is 43.5 Å². The molecule has 2 amide bonds. The smallest absolute Gasteiger partial charge is 0.416 e. The molecule has 0 bridgehead atoms. The summed E-state index contributed by atoms with van der Waals surface area (Å²) < 4.78 is 46.7. The van der Waals surface area contributed by atoms with Crippen LogP contribution in [0.4, 0.5) is 18.0 Å². The number of benzene rings is 1. The van der Waals surface area contributed by atoms with Crippen LogP contribution in [-0.2, 0) is 17.3 Å². The quantitative estimate of drug-likeness (QED) is 0.289. The first kappa shape index (κ1) is 30.8. The molecular weight excluding hydrogens is 597 g/mol. The number of hydrogen-bond acceptors (Lipinski definition) is 5. The monoisotopic (exact) mass is 623 g/mol. The van der Waals surface area contributed by atoms with Crippen molar-refractivity contribution in [2.75, 3.05) is 13.6 Å². The lowest BCUT2D eigenvalue weighted by molar-refractivity contribution is -0.530. The molecule has 37 heavy (non-hydrogen) atoms. The fourth-order valence-electron chi connectivity index (χ4n) is 3.36. The second kappa shape index (κ2) is 12.9. The first-order chi connectivity index (χ1) is 17.2. The zero-order valence-corrected chi connectivity index (χ0v) is 23.7. The Labute approximate surface area is 230 Å². The highest BCUT2D eigenvalue weighted by atomic mass is 79.9. The summed E-state index contributed by atoms with van der Waals surface area (Å²) in [6.45, 7) is 4.86. The Balaban J connectivity index is 2.33. The van der Waals surface area contributed by atoms with Gasteiger partial charge in [-0.05, 0) is 60.8 Å². The Morgan fingerprint density at radius 3 is 2.49 bits per heavy atom. The number of quaternary nitrogens is 1. The Hall–Kier alpha value is -2.41. The Kier molecular flexibility index (Phi) is 10.7. The molecule has 7 nitrogen and oxygen atoms in total. The number of carbonyl (C=O) groups is 2. The van der Waals surface area contributed by atoms with Gasteiger partial charge in [-0.2, -0.15) is 13.2 Å². The van der Waals surface area contributed by atoms with Gasteiger partial charge in [-0.1, -0.05) is 29.8 Å². The molecule has 0 saturated carbocycles. The van der Waals surface area contributed by atoms with Gasteiger partial charge >= 0.3 is 12.3 Å². The molecule has 0 spiro atoms. The third-order valence-corrected chi connectivity index (χ3v) is 6.90. The summed E-state index contributed by atoms with van der Waals surface area (Å²) in [6, 6.07) is 5.72. The van der Waals surface area contributed by atoms with Gasteiger partial charge in [0.05, 0.1) is 33.6 Å². The maximum atomic E-state index is 13.6. The van der Waals surface area contributed by atoms with Gasteiger partial charge in [0, 0.05) is 12.8 Å². The zero-order valence-electron chi connectivity index (χ0n) is 20.6. The molecule has 1 aromatic carbocycles. The Morgan fingerprint density at radius 2 is 1.92 bits per heavy atom. The van der Waals surface area contributed by atoms with E-state index in [1.165, 1.54) is 18.2 Å². The van der Waals surface area contributed by atoms with E-state index in [4.69, 9.17) is 21.7 Å². The number of amides is 2. The summed E-state index contributed by atoms with van der Waals surface area (Å²) in [7, 11) is 1.75. The molecule has 202 valence electrons. The van der Waals surface area contributed by atoms with Crippen LogP contribution in [0.25, 0.3) is 5.70 Å². The van der Waals surface area contributed by atoms with E-state index < -0.39 is 35.4 Å². The van der Waals surface area contributed by atoms with Crippen LogP contribution in [0.15, 0.2) is 34.8 Å². The van der Waals surface area contributed by atoms with Crippen molar-refractivity contribution in [3.8, 4) is 0 Å². The number of halogens is 5. The van der Waals surface area contributed by atoms with Gasteiger partial charge in [0.2, 0.25) is 0 Å².